The highest BCUT2D eigenvalue weighted by Gasteiger charge is 2.41. The molecular formula is C20H22N2O3S2. The molecule has 1 aromatic carbocycles. The third-order valence-corrected chi connectivity index (χ3v) is 9.00. The average molecular weight is 403 g/mol. The molecular weight excluding hydrogens is 380 g/mol. The molecule has 1 amide bonds. The van der Waals surface area contributed by atoms with Crippen molar-refractivity contribution < 1.29 is 13.2 Å². The number of amides is 1. The van der Waals surface area contributed by atoms with Crippen LogP contribution in [-0.4, -0.2) is 29.8 Å². The number of aromatic nitrogens is 1. The number of primary amides is 1. The highest BCUT2D eigenvalue weighted by Crippen LogP contribution is 2.42. The van der Waals surface area contributed by atoms with Crippen LogP contribution in [0.4, 0.5) is 0 Å². The van der Waals surface area contributed by atoms with Crippen LogP contribution in [0, 0.1) is 0 Å². The standard InChI is InChI=1S/C20H22N2O3S2/c1-20(2)9-12(4-6-27(20,24)25)17-10-22-18-15(17)7-14(8-16(18)19(21)23)13-3-5-26-11-13/h3,5,7-8,10-12,22H,4,6,9H2,1-2H3,(H2,21,23). The first kappa shape index (κ1) is 18.3. The Labute approximate surface area is 162 Å². The van der Waals surface area contributed by atoms with E-state index in [-0.39, 0.29) is 11.7 Å². The monoisotopic (exact) mass is 402 g/mol. The average Bonchev–Trinajstić information content (AvgIpc) is 3.25. The molecule has 1 aliphatic rings. The fourth-order valence-electron chi connectivity index (χ4n) is 4.04. The number of benzene rings is 1. The molecule has 0 spiro atoms. The Kier molecular flexibility index (Phi) is 4.20. The van der Waals surface area contributed by atoms with E-state index in [1.165, 1.54) is 0 Å². The van der Waals surface area contributed by atoms with Gasteiger partial charge in [0, 0.05) is 11.6 Å². The van der Waals surface area contributed by atoms with Crippen molar-refractivity contribution in [1.29, 1.82) is 0 Å². The molecule has 2 aromatic heterocycles. The van der Waals surface area contributed by atoms with Gasteiger partial charge in [-0.1, -0.05) is 0 Å². The van der Waals surface area contributed by atoms with Gasteiger partial charge < -0.3 is 10.7 Å². The number of rotatable bonds is 3. The molecule has 1 unspecified atom stereocenters. The predicted molar refractivity (Wildman–Crippen MR) is 110 cm³/mol. The van der Waals surface area contributed by atoms with Gasteiger partial charge in [0.2, 0.25) is 0 Å². The Bertz CT molecular complexity index is 1130. The van der Waals surface area contributed by atoms with Crippen molar-refractivity contribution in [1.82, 2.24) is 4.98 Å². The van der Waals surface area contributed by atoms with Crippen molar-refractivity contribution in [2.45, 2.75) is 37.4 Å². The molecule has 3 N–H and O–H groups in total. The number of aromatic amines is 1. The van der Waals surface area contributed by atoms with Gasteiger partial charge >= 0.3 is 0 Å². The maximum Gasteiger partial charge on any atom is 0.250 e. The second-order valence-corrected chi connectivity index (χ2v) is 11.4. The summed E-state index contributed by atoms with van der Waals surface area (Å²) in [5, 5.41) is 4.98. The second kappa shape index (κ2) is 6.21. The number of fused-ring (bicyclic) bond motifs is 1. The van der Waals surface area contributed by atoms with E-state index in [9.17, 15) is 13.2 Å². The second-order valence-electron chi connectivity index (χ2n) is 7.83. The lowest BCUT2D eigenvalue weighted by Crippen LogP contribution is -2.40. The summed E-state index contributed by atoms with van der Waals surface area (Å²) in [4.78, 5) is 15.2. The summed E-state index contributed by atoms with van der Waals surface area (Å²) in [5.74, 6) is -0.169. The van der Waals surface area contributed by atoms with Crippen molar-refractivity contribution in [2.75, 3.05) is 5.75 Å². The summed E-state index contributed by atoms with van der Waals surface area (Å²) in [7, 11) is -3.09. The van der Waals surface area contributed by atoms with E-state index >= 15 is 0 Å². The maximum absolute atomic E-state index is 12.4. The largest absolute Gasteiger partial charge is 0.366 e. The van der Waals surface area contributed by atoms with Crippen molar-refractivity contribution in [2.24, 2.45) is 5.73 Å². The third-order valence-electron chi connectivity index (χ3n) is 5.70. The third kappa shape index (κ3) is 2.99. The lowest BCUT2D eigenvalue weighted by Gasteiger charge is -2.34. The van der Waals surface area contributed by atoms with Gasteiger partial charge in [0.15, 0.2) is 9.84 Å². The molecule has 0 saturated carbocycles. The summed E-state index contributed by atoms with van der Waals surface area (Å²) in [6, 6.07) is 5.91. The van der Waals surface area contributed by atoms with Gasteiger partial charge in [-0.05, 0) is 78.3 Å². The summed E-state index contributed by atoms with van der Waals surface area (Å²) in [6.07, 6.45) is 3.07. The zero-order valence-electron chi connectivity index (χ0n) is 15.3. The zero-order valence-corrected chi connectivity index (χ0v) is 16.9. The van der Waals surface area contributed by atoms with Crippen LogP contribution in [0.5, 0.6) is 0 Å². The number of sulfone groups is 1. The smallest absolute Gasteiger partial charge is 0.250 e. The molecule has 7 heteroatoms. The van der Waals surface area contributed by atoms with Gasteiger partial charge in [0.05, 0.1) is 21.6 Å². The molecule has 3 heterocycles. The van der Waals surface area contributed by atoms with E-state index in [1.54, 1.807) is 25.2 Å². The number of hydrogen-bond acceptors (Lipinski definition) is 4. The lowest BCUT2D eigenvalue weighted by atomic mass is 9.86. The summed E-state index contributed by atoms with van der Waals surface area (Å²) < 4.78 is 24.0. The molecule has 0 bridgehead atoms. The molecule has 142 valence electrons. The first-order chi connectivity index (χ1) is 12.7. The van der Waals surface area contributed by atoms with Crippen LogP contribution in [-0.2, 0) is 9.84 Å². The van der Waals surface area contributed by atoms with Crippen LogP contribution in [0.25, 0.3) is 22.0 Å². The Hall–Kier alpha value is -2.12. The number of thiophene rings is 1. The highest BCUT2D eigenvalue weighted by molar-refractivity contribution is 7.92. The van der Waals surface area contributed by atoms with Gasteiger partial charge in [-0.2, -0.15) is 11.3 Å². The van der Waals surface area contributed by atoms with E-state index in [4.69, 9.17) is 5.73 Å². The Balaban J connectivity index is 1.87. The topological polar surface area (TPSA) is 93.0 Å². The van der Waals surface area contributed by atoms with Gasteiger partial charge in [0.25, 0.3) is 5.91 Å². The van der Waals surface area contributed by atoms with Crippen LogP contribution >= 0.6 is 11.3 Å². The van der Waals surface area contributed by atoms with Gasteiger partial charge in [0.1, 0.15) is 0 Å². The molecule has 27 heavy (non-hydrogen) atoms. The zero-order chi connectivity index (χ0) is 19.4. The Morgan fingerprint density at radius 3 is 2.70 bits per heavy atom. The van der Waals surface area contributed by atoms with E-state index < -0.39 is 20.5 Å². The molecule has 4 rings (SSSR count). The van der Waals surface area contributed by atoms with E-state index in [1.807, 2.05) is 29.1 Å². The molecule has 1 saturated heterocycles. The van der Waals surface area contributed by atoms with Crippen LogP contribution < -0.4 is 5.73 Å². The Morgan fingerprint density at radius 2 is 2.07 bits per heavy atom. The summed E-state index contributed by atoms with van der Waals surface area (Å²) in [6.45, 7) is 3.60. The number of H-pyrrole nitrogens is 1. The fraction of sp³-hybridized carbons (Fsp3) is 0.350. The number of carbonyl (C=O) groups is 1. The van der Waals surface area contributed by atoms with Crippen LogP contribution in [0.2, 0.25) is 0 Å². The lowest BCUT2D eigenvalue weighted by molar-refractivity contribution is 0.100. The fourth-order valence-corrected chi connectivity index (χ4v) is 6.31. The van der Waals surface area contributed by atoms with Gasteiger partial charge in [-0.15, -0.1) is 0 Å². The maximum atomic E-state index is 12.4. The number of nitrogens with one attached hydrogen (secondary N) is 1. The Morgan fingerprint density at radius 1 is 1.30 bits per heavy atom. The van der Waals surface area contributed by atoms with Crippen molar-refractivity contribution in [3.8, 4) is 11.1 Å². The molecule has 0 aliphatic carbocycles. The first-order valence-corrected chi connectivity index (χ1v) is 11.5. The molecule has 3 aromatic rings. The molecule has 5 nitrogen and oxygen atoms in total. The molecule has 1 fully saturated rings. The number of carbonyl (C=O) groups excluding carboxylic acids is 1. The highest BCUT2D eigenvalue weighted by atomic mass is 32.2. The number of hydrogen-bond donors (Lipinski definition) is 2. The molecule has 1 atom stereocenters. The van der Waals surface area contributed by atoms with Crippen LogP contribution in [0.1, 0.15) is 48.5 Å². The molecule has 0 radical (unpaired) electrons. The SMILES string of the molecule is CC1(C)CC(c2c[nH]c3c(C(N)=O)cc(-c4ccsc4)cc23)CCS1(=O)=O. The van der Waals surface area contributed by atoms with Crippen LogP contribution in [0.3, 0.4) is 0 Å². The first-order valence-electron chi connectivity index (χ1n) is 8.89. The van der Waals surface area contributed by atoms with Crippen LogP contribution in [0.15, 0.2) is 35.2 Å². The van der Waals surface area contributed by atoms with Gasteiger partial charge in [-0.3, -0.25) is 4.79 Å². The van der Waals surface area contributed by atoms with Crippen molar-refractivity contribution in [3.05, 3.63) is 46.3 Å². The minimum absolute atomic E-state index is 0.121. The number of nitrogens with two attached hydrogens (primary N) is 1. The molecule has 1 aliphatic heterocycles. The van der Waals surface area contributed by atoms with Crippen molar-refractivity contribution in [3.63, 3.8) is 0 Å². The van der Waals surface area contributed by atoms with Crippen molar-refractivity contribution >= 4 is 38.0 Å². The van der Waals surface area contributed by atoms with E-state index in [0.717, 1.165) is 27.6 Å². The minimum atomic E-state index is -3.09. The predicted octanol–water partition coefficient (Wildman–Crippen LogP) is 4.07. The minimum Gasteiger partial charge on any atom is -0.366 e. The quantitative estimate of drug-likeness (QED) is 0.692. The van der Waals surface area contributed by atoms with Gasteiger partial charge in [-0.25, -0.2) is 8.42 Å². The normalized spacial score (nSPS) is 21.3. The van der Waals surface area contributed by atoms with E-state index in [0.29, 0.717) is 18.4 Å². The summed E-state index contributed by atoms with van der Waals surface area (Å²) in [5.41, 5.74) is 9.87. The summed E-state index contributed by atoms with van der Waals surface area (Å²) >= 11 is 1.60. The van der Waals surface area contributed by atoms with E-state index in [2.05, 4.69) is 11.1 Å².